The highest BCUT2D eigenvalue weighted by Crippen LogP contribution is 1.98. The lowest BCUT2D eigenvalue weighted by Gasteiger charge is -1.96. The molecule has 0 aliphatic rings. The second kappa shape index (κ2) is 5.87. The van der Waals surface area contributed by atoms with Gasteiger partial charge in [-0.05, 0) is 29.5 Å². The number of hydrogen-bond donors (Lipinski definition) is 0. The topological polar surface area (TPSA) is 33.0 Å². The molecule has 0 aromatic heterocycles. The summed E-state index contributed by atoms with van der Waals surface area (Å²) in [5.74, 6) is 5.43. The monoisotopic (exact) mass is 235 g/mol. The maximum Gasteiger partial charge on any atom is 0.170 e. The van der Waals surface area contributed by atoms with Crippen LogP contribution in [-0.2, 0) is 4.74 Å². The first kappa shape index (κ1) is 8.74. The van der Waals surface area contributed by atoms with Gasteiger partial charge in [0.25, 0.3) is 0 Å². The molecular weight excluding hydrogens is 229 g/mol. The fraction of sp³-hybridized carbons (Fsp3) is 0.500. The molecule has 1 unspecified atom stereocenters. The summed E-state index contributed by atoms with van der Waals surface area (Å²) in [6.45, 7) is 1.85. The summed E-state index contributed by atoms with van der Waals surface area (Å²) in [6, 6.07) is 1.86. The van der Waals surface area contributed by atoms with Gasteiger partial charge in [0.1, 0.15) is 6.61 Å². The number of halogens is 1. The molecule has 1 atom stereocenters. The van der Waals surface area contributed by atoms with Gasteiger partial charge in [0.05, 0.1) is 6.07 Å². The van der Waals surface area contributed by atoms with Crippen molar-refractivity contribution in [2.45, 2.75) is 11.0 Å². The van der Waals surface area contributed by atoms with E-state index in [1.807, 2.05) is 28.7 Å². The Labute approximate surface area is 68.3 Å². The SMILES string of the molecule is CC#CC(I)OCC#N. The highest BCUT2D eigenvalue weighted by molar-refractivity contribution is 14.1. The van der Waals surface area contributed by atoms with E-state index in [1.165, 1.54) is 0 Å². The van der Waals surface area contributed by atoms with Crippen molar-refractivity contribution in [1.82, 2.24) is 0 Å². The molecule has 0 aliphatic heterocycles. The molecule has 0 bridgehead atoms. The maximum atomic E-state index is 8.06. The van der Waals surface area contributed by atoms with E-state index in [4.69, 9.17) is 10.00 Å². The van der Waals surface area contributed by atoms with Crippen LogP contribution >= 0.6 is 22.6 Å². The molecule has 0 aromatic rings. The Bertz CT molecular complexity index is 162. The van der Waals surface area contributed by atoms with Gasteiger partial charge in [0.15, 0.2) is 4.11 Å². The normalized spacial score (nSPS) is 10.8. The Balaban J connectivity index is 3.37. The number of nitriles is 1. The van der Waals surface area contributed by atoms with E-state index in [9.17, 15) is 0 Å². The molecule has 0 radical (unpaired) electrons. The van der Waals surface area contributed by atoms with Crippen LogP contribution in [0.4, 0.5) is 0 Å². The average molecular weight is 235 g/mol. The van der Waals surface area contributed by atoms with Crippen molar-refractivity contribution in [2.75, 3.05) is 6.61 Å². The number of ether oxygens (including phenoxy) is 1. The highest BCUT2D eigenvalue weighted by Gasteiger charge is 1.94. The van der Waals surface area contributed by atoms with Gasteiger partial charge < -0.3 is 4.74 Å². The molecular formula is C6H6INO. The van der Waals surface area contributed by atoms with E-state index in [0.29, 0.717) is 0 Å². The van der Waals surface area contributed by atoms with Gasteiger partial charge in [-0.25, -0.2) is 0 Å². The molecule has 0 fully saturated rings. The summed E-state index contributed by atoms with van der Waals surface area (Å²) in [4.78, 5) is 0. The van der Waals surface area contributed by atoms with Crippen LogP contribution in [0.25, 0.3) is 0 Å². The molecule has 0 heterocycles. The van der Waals surface area contributed by atoms with E-state index in [1.54, 1.807) is 6.92 Å². The first-order valence-corrected chi connectivity index (χ1v) is 3.60. The van der Waals surface area contributed by atoms with Crippen LogP contribution in [0.5, 0.6) is 0 Å². The zero-order valence-corrected chi connectivity index (χ0v) is 7.18. The minimum absolute atomic E-state index is 0.113. The van der Waals surface area contributed by atoms with Gasteiger partial charge in [-0.2, -0.15) is 5.26 Å². The average Bonchev–Trinajstić information content (AvgIpc) is 1.85. The zero-order chi connectivity index (χ0) is 7.11. The smallest absolute Gasteiger partial charge is 0.170 e. The lowest BCUT2D eigenvalue weighted by molar-refractivity contribution is 0.190. The van der Waals surface area contributed by atoms with Crippen LogP contribution in [0.2, 0.25) is 0 Å². The van der Waals surface area contributed by atoms with Gasteiger partial charge in [0.2, 0.25) is 0 Å². The third kappa shape index (κ3) is 5.61. The third-order valence-corrected chi connectivity index (χ3v) is 1.22. The lowest BCUT2D eigenvalue weighted by atomic mass is 10.6. The lowest BCUT2D eigenvalue weighted by Crippen LogP contribution is -2.00. The van der Waals surface area contributed by atoms with Crippen molar-refractivity contribution in [3.63, 3.8) is 0 Å². The van der Waals surface area contributed by atoms with Crippen molar-refractivity contribution in [3.05, 3.63) is 0 Å². The standard InChI is InChI=1S/C6H6INO/c1-2-3-6(7)9-5-4-8/h6H,5H2,1H3. The minimum Gasteiger partial charge on any atom is -0.341 e. The zero-order valence-electron chi connectivity index (χ0n) is 5.02. The summed E-state index contributed by atoms with van der Waals surface area (Å²) in [7, 11) is 0. The predicted octanol–water partition coefficient (Wildman–Crippen LogP) is 1.31. The van der Waals surface area contributed by atoms with Crippen LogP contribution in [0.1, 0.15) is 6.92 Å². The van der Waals surface area contributed by atoms with Gasteiger partial charge >= 0.3 is 0 Å². The molecule has 9 heavy (non-hydrogen) atoms. The Morgan fingerprint density at radius 2 is 2.44 bits per heavy atom. The van der Waals surface area contributed by atoms with Crippen molar-refractivity contribution in [1.29, 1.82) is 5.26 Å². The van der Waals surface area contributed by atoms with Crippen molar-refractivity contribution >= 4 is 22.6 Å². The Morgan fingerprint density at radius 1 is 1.78 bits per heavy atom. The Hall–Kier alpha value is -0.260. The van der Waals surface area contributed by atoms with Gasteiger partial charge in [0, 0.05) is 0 Å². The summed E-state index contributed by atoms with van der Waals surface area (Å²) in [5, 5.41) is 8.06. The molecule has 0 amide bonds. The number of hydrogen-bond acceptors (Lipinski definition) is 2. The van der Waals surface area contributed by atoms with Gasteiger partial charge in [-0.15, -0.1) is 5.92 Å². The van der Waals surface area contributed by atoms with E-state index in [0.717, 1.165) is 0 Å². The van der Waals surface area contributed by atoms with Gasteiger partial charge in [-0.1, -0.05) is 5.92 Å². The number of alkyl halides is 1. The van der Waals surface area contributed by atoms with Crippen molar-refractivity contribution in [2.24, 2.45) is 0 Å². The van der Waals surface area contributed by atoms with Crippen LogP contribution in [0, 0.1) is 23.2 Å². The summed E-state index contributed by atoms with van der Waals surface area (Å²) in [5.41, 5.74) is 0. The van der Waals surface area contributed by atoms with Crippen molar-refractivity contribution in [3.8, 4) is 17.9 Å². The Kier molecular flexibility index (Phi) is 5.70. The second-order valence-electron chi connectivity index (χ2n) is 1.18. The molecule has 0 aliphatic carbocycles. The van der Waals surface area contributed by atoms with Crippen LogP contribution in [0.15, 0.2) is 0 Å². The third-order valence-electron chi connectivity index (χ3n) is 0.552. The molecule has 48 valence electrons. The number of nitrogens with zero attached hydrogens (tertiary/aromatic N) is 1. The molecule has 0 saturated heterocycles. The summed E-state index contributed by atoms with van der Waals surface area (Å²) >= 11 is 2.02. The fourth-order valence-electron chi connectivity index (χ4n) is 0.266. The molecule has 0 spiro atoms. The van der Waals surface area contributed by atoms with E-state index >= 15 is 0 Å². The first-order chi connectivity index (χ1) is 4.31. The second-order valence-corrected chi connectivity index (χ2v) is 2.31. The summed E-state index contributed by atoms with van der Waals surface area (Å²) < 4.78 is 4.74. The van der Waals surface area contributed by atoms with E-state index < -0.39 is 0 Å². The van der Waals surface area contributed by atoms with Gasteiger partial charge in [-0.3, -0.25) is 0 Å². The van der Waals surface area contributed by atoms with E-state index in [2.05, 4.69) is 11.8 Å². The maximum absolute atomic E-state index is 8.06. The van der Waals surface area contributed by atoms with Crippen LogP contribution < -0.4 is 0 Å². The van der Waals surface area contributed by atoms with Crippen LogP contribution in [-0.4, -0.2) is 10.7 Å². The molecule has 0 aromatic carbocycles. The predicted molar refractivity (Wildman–Crippen MR) is 42.8 cm³/mol. The van der Waals surface area contributed by atoms with E-state index in [-0.39, 0.29) is 10.7 Å². The Morgan fingerprint density at radius 3 is 2.89 bits per heavy atom. The van der Waals surface area contributed by atoms with Crippen molar-refractivity contribution < 1.29 is 4.74 Å². The molecule has 3 heteroatoms. The molecule has 0 N–H and O–H groups in total. The first-order valence-electron chi connectivity index (χ1n) is 2.36. The van der Waals surface area contributed by atoms with Crippen LogP contribution in [0.3, 0.4) is 0 Å². The molecule has 0 saturated carbocycles. The number of rotatable bonds is 2. The quantitative estimate of drug-likeness (QED) is 0.410. The summed E-state index contributed by atoms with van der Waals surface area (Å²) in [6.07, 6.45) is 0. The minimum atomic E-state index is -0.146. The highest BCUT2D eigenvalue weighted by atomic mass is 127. The molecule has 0 rings (SSSR count). The fourth-order valence-corrected chi connectivity index (χ4v) is 0.757. The molecule has 2 nitrogen and oxygen atoms in total. The largest absolute Gasteiger partial charge is 0.341 e.